The van der Waals surface area contributed by atoms with Crippen LogP contribution >= 0.6 is 0 Å². The van der Waals surface area contributed by atoms with Gasteiger partial charge in [0.05, 0.1) is 0 Å². The molecule has 0 aliphatic carbocycles. The summed E-state index contributed by atoms with van der Waals surface area (Å²) in [5.41, 5.74) is 5.50. The summed E-state index contributed by atoms with van der Waals surface area (Å²) in [6.45, 7) is 4.98. The minimum atomic E-state index is 0.706. The first-order valence-electron chi connectivity index (χ1n) is 7.03. The molecule has 0 bridgehead atoms. The lowest BCUT2D eigenvalue weighted by Gasteiger charge is -2.08. The van der Waals surface area contributed by atoms with Crippen molar-refractivity contribution >= 4 is 5.69 Å². The van der Waals surface area contributed by atoms with Crippen LogP contribution in [-0.2, 0) is 20.0 Å². The highest BCUT2D eigenvalue weighted by atomic mass is 15.0. The summed E-state index contributed by atoms with van der Waals surface area (Å²) in [5.74, 6) is 0. The number of aryl methyl sites for hydroxylation is 1. The zero-order valence-corrected chi connectivity index (χ0v) is 12.4. The molecule has 0 fully saturated rings. The third kappa shape index (κ3) is 3.03. The predicted octanol–water partition coefficient (Wildman–Crippen LogP) is 3.77. The Morgan fingerprint density at radius 3 is 2.50 bits per heavy atom. The van der Waals surface area contributed by atoms with Crippen molar-refractivity contribution in [1.82, 2.24) is 4.57 Å². The second-order valence-corrected chi connectivity index (χ2v) is 5.11. The van der Waals surface area contributed by atoms with Crippen LogP contribution in [0.2, 0.25) is 0 Å². The minimum Gasteiger partial charge on any atom is -0.381 e. The molecule has 2 aromatic rings. The van der Waals surface area contributed by atoms with Crippen LogP contribution < -0.4 is 5.32 Å². The Morgan fingerprint density at radius 2 is 1.95 bits per heavy atom. The molecule has 0 saturated heterocycles. The molecule has 1 heterocycles. The van der Waals surface area contributed by atoms with Crippen molar-refractivity contribution in [1.29, 1.82) is 5.26 Å². The van der Waals surface area contributed by atoms with Gasteiger partial charge in [0.1, 0.15) is 11.8 Å². The first-order chi connectivity index (χ1) is 9.65. The van der Waals surface area contributed by atoms with Crippen LogP contribution in [0.4, 0.5) is 5.69 Å². The Hall–Kier alpha value is -2.21. The normalized spacial score (nSPS) is 10.3. The number of rotatable bonds is 5. The lowest BCUT2D eigenvalue weighted by atomic mass is 10.1. The summed E-state index contributed by atoms with van der Waals surface area (Å²) in [6, 6.07) is 12.7. The van der Waals surface area contributed by atoms with E-state index in [-0.39, 0.29) is 0 Å². The van der Waals surface area contributed by atoms with Crippen molar-refractivity contribution in [3.8, 4) is 6.07 Å². The van der Waals surface area contributed by atoms with Crippen molar-refractivity contribution in [2.75, 3.05) is 5.32 Å². The van der Waals surface area contributed by atoms with E-state index in [1.165, 1.54) is 17.5 Å². The Balaban J connectivity index is 2.03. The first kappa shape index (κ1) is 14.2. The average Bonchev–Trinajstić information content (AvgIpc) is 2.74. The number of aromatic nitrogens is 1. The molecule has 3 heteroatoms. The van der Waals surface area contributed by atoms with Crippen LogP contribution in [0.5, 0.6) is 0 Å². The zero-order chi connectivity index (χ0) is 14.5. The standard InChI is InChI=1S/C17H21N3/c1-4-5-14-6-8-16(9-7-14)19-12-15-10-17(11-18)20(3)13(15)2/h6-10,19H,4-5,12H2,1-3H3. The number of anilines is 1. The Bertz CT molecular complexity index is 615. The fourth-order valence-corrected chi connectivity index (χ4v) is 2.32. The van der Waals surface area contributed by atoms with Gasteiger partial charge in [-0.25, -0.2) is 0 Å². The van der Waals surface area contributed by atoms with E-state index in [0.29, 0.717) is 5.69 Å². The summed E-state index contributed by atoms with van der Waals surface area (Å²) in [4.78, 5) is 0. The van der Waals surface area contributed by atoms with E-state index in [0.717, 1.165) is 24.3 Å². The fraction of sp³-hybridized carbons (Fsp3) is 0.353. The maximum Gasteiger partial charge on any atom is 0.120 e. The van der Waals surface area contributed by atoms with Gasteiger partial charge in [0.15, 0.2) is 0 Å². The molecule has 1 N–H and O–H groups in total. The van der Waals surface area contributed by atoms with E-state index < -0.39 is 0 Å². The molecule has 0 atom stereocenters. The quantitative estimate of drug-likeness (QED) is 0.896. The summed E-state index contributed by atoms with van der Waals surface area (Å²) in [5, 5.41) is 12.4. The molecule has 104 valence electrons. The van der Waals surface area contributed by atoms with Gasteiger partial charge in [-0.05, 0) is 42.7 Å². The number of benzene rings is 1. The van der Waals surface area contributed by atoms with Crippen LogP contribution in [0.25, 0.3) is 0 Å². The SMILES string of the molecule is CCCc1ccc(NCc2cc(C#N)n(C)c2C)cc1. The van der Waals surface area contributed by atoms with Crippen LogP contribution in [0.3, 0.4) is 0 Å². The largest absolute Gasteiger partial charge is 0.381 e. The summed E-state index contributed by atoms with van der Waals surface area (Å²) >= 11 is 0. The monoisotopic (exact) mass is 267 g/mol. The second kappa shape index (κ2) is 6.29. The van der Waals surface area contributed by atoms with Crippen molar-refractivity contribution in [2.24, 2.45) is 7.05 Å². The second-order valence-electron chi connectivity index (χ2n) is 5.11. The lowest BCUT2D eigenvalue weighted by Crippen LogP contribution is -2.01. The molecule has 1 aromatic carbocycles. The van der Waals surface area contributed by atoms with E-state index in [4.69, 9.17) is 5.26 Å². The molecule has 2 rings (SSSR count). The first-order valence-corrected chi connectivity index (χ1v) is 7.03. The molecule has 20 heavy (non-hydrogen) atoms. The molecule has 1 aromatic heterocycles. The smallest absolute Gasteiger partial charge is 0.120 e. The van der Waals surface area contributed by atoms with Crippen molar-refractivity contribution < 1.29 is 0 Å². The predicted molar refractivity (Wildman–Crippen MR) is 82.6 cm³/mol. The number of hydrogen-bond acceptors (Lipinski definition) is 2. The number of nitrogens with one attached hydrogen (secondary N) is 1. The number of hydrogen-bond donors (Lipinski definition) is 1. The van der Waals surface area contributed by atoms with Crippen LogP contribution in [0.15, 0.2) is 30.3 Å². The maximum atomic E-state index is 9.03. The van der Waals surface area contributed by atoms with Crippen LogP contribution in [0.1, 0.15) is 35.9 Å². The molecule has 0 saturated carbocycles. The van der Waals surface area contributed by atoms with Gasteiger partial charge in [0, 0.05) is 25.0 Å². The van der Waals surface area contributed by atoms with Crippen molar-refractivity contribution in [2.45, 2.75) is 33.2 Å². The van der Waals surface area contributed by atoms with E-state index in [2.05, 4.69) is 42.6 Å². The van der Waals surface area contributed by atoms with E-state index >= 15 is 0 Å². The summed E-state index contributed by atoms with van der Waals surface area (Å²) < 4.78 is 1.93. The zero-order valence-electron chi connectivity index (χ0n) is 12.4. The third-order valence-corrected chi connectivity index (χ3v) is 3.73. The van der Waals surface area contributed by atoms with Gasteiger partial charge in [-0.3, -0.25) is 0 Å². The molecule has 0 spiro atoms. The minimum absolute atomic E-state index is 0.706. The maximum absolute atomic E-state index is 9.03. The Labute approximate surface area is 120 Å². The van der Waals surface area contributed by atoms with Gasteiger partial charge in [-0.2, -0.15) is 5.26 Å². The fourth-order valence-electron chi connectivity index (χ4n) is 2.32. The molecule has 0 unspecified atom stereocenters. The average molecular weight is 267 g/mol. The van der Waals surface area contributed by atoms with Gasteiger partial charge >= 0.3 is 0 Å². The van der Waals surface area contributed by atoms with E-state index in [1.54, 1.807) is 0 Å². The van der Waals surface area contributed by atoms with Crippen LogP contribution in [0, 0.1) is 18.3 Å². The number of nitrogens with zero attached hydrogens (tertiary/aromatic N) is 2. The molecule has 0 amide bonds. The van der Waals surface area contributed by atoms with Crippen molar-refractivity contribution in [3.63, 3.8) is 0 Å². The highest BCUT2D eigenvalue weighted by molar-refractivity contribution is 5.46. The van der Waals surface area contributed by atoms with Gasteiger partial charge in [-0.15, -0.1) is 0 Å². The molecular formula is C17H21N3. The lowest BCUT2D eigenvalue weighted by molar-refractivity contribution is 0.856. The summed E-state index contributed by atoms with van der Waals surface area (Å²) in [6.07, 6.45) is 2.30. The van der Waals surface area contributed by atoms with Crippen LogP contribution in [-0.4, -0.2) is 4.57 Å². The van der Waals surface area contributed by atoms with Crippen molar-refractivity contribution in [3.05, 3.63) is 52.8 Å². The van der Waals surface area contributed by atoms with E-state index in [9.17, 15) is 0 Å². The highest BCUT2D eigenvalue weighted by Crippen LogP contribution is 2.16. The topological polar surface area (TPSA) is 40.8 Å². The van der Waals surface area contributed by atoms with Gasteiger partial charge in [-0.1, -0.05) is 25.5 Å². The Kier molecular flexibility index (Phi) is 4.47. The van der Waals surface area contributed by atoms with Gasteiger partial charge in [0.2, 0.25) is 0 Å². The molecule has 0 radical (unpaired) electrons. The molecule has 3 nitrogen and oxygen atoms in total. The third-order valence-electron chi connectivity index (χ3n) is 3.73. The molecular weight excluding hydrogens is 246 g/mol. The molecule has 0 aliphatic rings. The number of nitriles is 1. The van der Waals surface area contributed by atoms with Gasteiger partial charge in [0.25, 0.3) is 0 Å². The Morgan fingerprint density at radius 1 is 1.25 bits per heavy atom. The van der Waals surface area contributed by atoms with Gasteiger partial charge < -0.3 is 9.88 Å². The molecule has 0 aliphatic heterocycles. The summed E-state index contributed by atoms with van der Waals surface area (Å²) in [7, 11) is 1.93. The van der Waals surface area contributed by atoms with E-state index in [1.807, 2.05) is 24.6 Å². The highest BCUT2D eigenvalue weighted by Gasteiger charge is 2.08.